The number of fused-ring (bicyclic) bond motifs is 1. The van der Waals surface area contributed by atoms with Gasteiger partial charge in [0.15, 0.2) is 5.78 Å². The Kier molecular flexibility index (Phi) is 2.92. The summed E-state index contributed by atoms with van der Waals surface area (Å²) in [6.45, 7) is 0. The summed E-state index contributed by atoms with van der Waals surface area (Å²) < 4.78 is 4.60. The lowest BCUT2D eigenvalue weighted by Crippen LogP contribution is -2.21. The fourth-order valence-corrected chi connectivity index (χ4v) is 2.01. The molecule has 1 aromatic rings. The summed E-state index contributed by atoms with van der Waals surface area (Å²) in [5, 5.41) is 8.85. The second-order valence-electron chi connectivity index (χ2n) is 3.95. The molecule has 1 aliphatic carbocycles. The molecule has 0 fully saturated rings. The Labute approximate surface area is 98.8 Å². The molecule has 0 aromatic heterocycles. The van der Waals surface area contributed by atoms with Gasteiger partial charge < -0.3 is 4.74 Å². The molecule has 0 radical (unpaired) electrons. The molecule has 0 bridgehead atoms. The molecular weight excluding hydrogens is 218 g/mol. The van der Waals surface area contributed by atoms with Crippen molar-refractivity contribution in [3.63, 3.8) is 0 Å². The van der Waals surface area contributed by atoms with Gasteiger partial charge >= 0.3 is 5.97 Å². The normalized spacial score (nSPS) is 18.1. The summed E-state index contributed by atoms with van der Waals surface area (Å²) in [5.41, 5.74) is 1.72. The van der Waals surface area contributed by atoms with Gasteiger partial charge in [-0.2, -0.15) is 5.26 Å². The molecule has 0 aliphatic heterocycles. The number of rotatable bonds is 1. The maximum Gasteiger partial charge on any atom is 0.337 e. The Morgan fingerprint density at radius 3 is 2.94 bits per heavy atom. The van der Waals surface area contributed by atoms with Crippen molar-refractivity contribution in [3.8, 4) is 6.07 Å². The highest BCUT2D eigenvalue weighted by Gasteiger charge is 2.27. The molecule has 4 nitrogen and oxygen atoms in total. The van der Waals surface area contributed by atoms with Gasteiger partial charge in [-0.25, -0.2) is 4.79 Å². The maximum absolute atomic E-state index is 11.9. The lowest BCUT2D eigenvalue weighted by atomic mass is 9.83. The molecule has 1 unspecified atom stereocenters. The predicted molar refractivity (Wildman–Crippen MR) is 59.5 cm³/mol. The summed E-state index contributed by atoms with van der Waals surface area (Å²) in [7, 11) is 1.29. The number of benzene rings is 1. The standard InChI is InChI=1S/C13H11NO3/c1-17-13(16)9-4-2-8-3-5-10(7-14)12(15)11(8)6-9/h2,4,6,10H,3,5H2,1H3. The first-order valence-corrected chi connectivity index (χ1v) is 5.32. The summed E-state index contributed by atoms with van der Waals surface area (Å²) in [5.74, 6) is -1.26. The van der Waals surface area contributed by atoms with Gasteiger partial charge in [-0.1, -0.05) is 6.07 Å². The van der Waals surface area contributed by atoms with Crippen LogP contribution < -0.4 is 0 Å². The van der Waals surface area contributed by atoms with E-state index in [9.17, 15) is 9.59 Å². The second kappa shape index (κ2) is 4.38. The van der Waals surface area contributed by atoms with Crippen LogP contribution in [0, 0.1) is 17.2 Å². The number of esters is 1. The first-order chi connectivity index (χ1) is 8.17. The van der Waals surface area contributed by atoms with Gasteiger partial charge in [-0.05, 0) is 30.5 Å². The minimum absolute atomic E-state index is 0.195. The minimum Gasteiger partial charge on any atom is -0.465 e. The van der Waals surface area contributed by atoms with E-state index in [2.05, 4.69) is 4.74 Å². The zero-order chi connectivity index (χ0) is 12.4. The third-order valence-electron chi connectivity index (χ3n) is 2.97. The van der Waals surface area contributed by atoms with Gasteiger partial charge in [0.25, 0.3) is 0 Å². The number of nitrogens with zero attached hydrogens (tertiary/aromatic N) is 1. The van der Waals surface area contributed by atoms with E-state index in [0.717, 1.165) is 5.56 Å². The molecule has 1 aromatic carbocycles. The number of methoxy groups -OCH3 is 1. The van der Waals surface area contributed by atoms with Crippen LogP contribution in [0.4, 0.5) is 0 Å². The summed E-state index contributed by atoms with van der Waals surface area (Å²) in [4.78, 5) is 23.3. The number of nitriles is 1. The number of hydrogen-bond acceptors (Lipinski definition) is 4. The quantitative estimate of drug-likeness (QED) is 0.688. The first-order valence-electron chi connectivity index (χ1n) is 5.32. The number of carbonyl (C=O) groups excluding carboxylic acids is 2. The number of hydrogen-bond donors (Lipinski definition) is 0. The van der Waals surface area contributed by atoms with Crippen LogP contribution in [0.25, 0.3) is 0 Å². The molecule has 0 N–H and O–H groups in total. The SMILES string of the molecule is COC(=O)c1ccc2c(c1)C(=O)C(C#N)CC2. The van der Waals surface area contributed by atoms with Crippen molar-refractivity contribution < 1.29 is 14.3 Å². The van der Waals surface area contributed by atoms with E-state index in [0.29, 0.717) is 24.0 Å². The van der Waals surface area contributed by atoms with E-state index in [1.165, 1.54) is 13.2 Å². The van der Waals surface area contributed by atoms with E-state index in [4.69, 9.17) is 5.26 Å². The van der Waals surface area contributed by atoms with Crippen LogP contribution in [-0.4, -0.2) is 18.9 Å². The molecule has 2 rings (SSSR count). The predicted octanol–water partition coefficient (Wildman–Crippen LogP) is 1.74. The molecule has 86 valence electrons. The molecule has 0 saturated carbocycles. The fourth-order valence-electron chi connectivity index (χ4n) is 2.01. The zero-order valence-corrected chi connectivity index (χ0v) is 9.40. The lowest BCUT2D eigenvalue weighted by molar-refractivity contribution is 0.0600. The lowest BCUT2D eigenvalue weighted by Gasteiger charge is -2.18. The van der Waals surface area contributed by atoms with Gasteiger partial charge in [0, 0.05) is 5.56 Å². The maximum atomic E-state index is 11.9. The van der Waals surface area contributed by atoms with Crippen molar-refractivity contribution >= 4 is 11.8 Å². The Morgan fingerprint density at radius 2 is 2.29 bits per heavy atom. The van der Waals surface area contributed by atoms with Crippen molar-refractivity contribution in [2.45, 2.75) is 12.8 Å². The number of carbonyl (C=O) groups is 2. The fraction of sp³-hybridized carbons (Fsp3) is 0.308. The average Bonchev–Trinajstić information content (AvgIpc) is 2.38. The Morgan fingerprint density at radius 1 is 1.53 bits per heavy atom. The van der Waals surface area contributed by atoms with E-state index >= 15 is 0 Å². The number of aryl methyl sites for hydroxylation is 1. The van der Waals surface area contributed by atoms with Crippen LogP contribution in [0.5, 0.6) is 0 Å². The monoisotopic (exact) mass is 229 g/mol. The van der Waals surface area contributed by atoms with Gasteiger partial charge in [0.2, 0.25) is 0 Å². The van der Waals surface area contributed by atoms with Gasteiger partial charge in [-0.15, -0.1) is 0 Å². The number of ether oxygens (including phenoxy) is 1. The van der Waals surface area contributed by atoms with Crippen LogP contribution in [0.3, 0.4) is 0 Å². The van der Waals surface area contributed by atoms with Crippen molar-refractivity contribution in [1.29, 1.82) is 5.26 Å². The zero-order valence-electron chi connectivity index (χ0n) is 9.40. The molecule has 1 aliphatic rings. The molecule has 1 atom stereocenters. The molecule has 4 heteroatoms. The highest BCUT2D eigenvalue weighted by molar-refractivity contribution is 6.03. The van der Waals surface area contributed by atoms with Crippen LogP contribution in [0.1, 0.15) is 32.7 Å². The average molecular weight is 229 g/mol. The van der Waals surface area contributed by atoms with Crippen LogP contribution in [0.15, 0.2) is 18.2 Å². The first kappa shape index (κ1) is 11.3. The smallest absolute Gasteiger partial charge is 0.337 e. The van der Waals surface area contributed by atoms with Gasteiger partial charge in [0.05, 0.1) is 18.7 Å². The van der Waals surface area contributed by atoms with Crippen molar-refractivity contribution in [1.82, 2.24) is 0 Å². The largest absolute Gasteiger partial charge is 0.465 e. The summed E-state index contributed by atoms with van der Waals surface area (Å²) in [6, 6.07) is 6.91. The summed E-state index contributed by atoms with van der Waals surface area (Å²) >= 11 is 0. The Balaban J connectivity index is 2.44. The molecular formula is C13H11NO3. The number of ketones is 1. The molecule has 0 heterocycles. The van der Waals surface area contributed by atoms with E-state index < -0.39 is 11.9 Å². The topological polar surface area (TPSA) is 67.2 Å². The Bertz CT molecular complexity index is 528. The molecule has 0 amide bonds. The minimum atomic E-state index is -0.588. The van der Waals surface area contributed by atoms with Crippen molar-refractivity contribution in [3.05, 3.63) is 34.9 Å². The second-order valence-corrected chi connectivity index (χ2v) is 3.95. The van der Waals surface area contributed by atoms with Crippen LogP contribution >= 0.6 is 0 Å². The van der Waals surface area contributed by atoms with Crippen molar-refractivity contribution in [2.75, 3.05) is 7.11 Å². The highest BCUT2D eigenvalue weighted by atomic mass is 16.5. The van der Waals surface area contributed by atoms with Crippen LogP contribution in [0.2, 0.25) is 0 Å². The van der Waals surface area contributed by atoms with Gasteiger partial charge in [0.1, 0.15) is 5.92 Å². The van der Waals surface area contributed by atoms with E-state index in [1.807, 2.05) is 6.07 Å². The van der Waals surface area contributed by atoms with Crippen molar-refractivity contribution in [2.24, 2.45) is 5.92 Å². The highest BCUT2D eigenvalue weighted by Crippen LogP contribution is 2.26. The Hall–Kier alpha value is -2.15. The molecule has 0 saturated heterocycles. The molecule has 17 heavy (non-hydrogen) atoms. The molecule has 0 spiro atoms. The van der Waals surface area contributed by atoms with Gasteiger partial charge in [-0.3, -0.25) is 4.79 Å². The number of Topliss-reactive ketones (excluding diaryl/α,β-unsaturated/α-hetero) is 1. The van der Waals surface area contributed by atoms with Crippen LogP contribution in [-0.2, 0) is 11.2 Å². The third kappa shape index (κ3) is 1.92. The third-order valence-corrected chi connectivity index (χ3v) is 2.97. The van der Waals surface area contributed by atoms with E-state index in [1.54, 1.807) is 12.1 Å². The van der Waals surface area contributed by atoms with E-state index in [-0.39, 0.29) is 5.78 Å². The summed E-state index contributed by atoms with van der Waals surface area (Å²) in [6.07, 6.45) is 1.25.